The van der Waals surface area contributed by atoms with Crippen LogP contribution in [0.15, 0.2) is 64.5 Å². The van der Waals surface area contributed by atoms with Crippen molar-refractivity contribution in [3.8, 4) is 0 Å². The first-order valence-corrected chi connectivity index (χ1v) is 9.39. The number of guanidine groups is 1. The van der Waals surface area contributed by atoms with Crippen LogP contribution >= 0.6 is 0 Å². The zero-order valence-corrected chi connectivity index (χ0v) is 15.5. The van der Waals surface area contributed by atoms with E-state index in [0.717, 1.165) is 5.69 Å². The van der Waals surface area contributed by atoms with Gasteiger partial charge in [-0.25, -0.2) is 18.1 Å². The standard InChI is InChI=1S/C18H24N4O2S/c1-18(2,3)22-25(23,24)16-12-8-7-9-14(16)13-20-17(19)21-15-10-5-4-6-11-15/h4-12,22H,13H2,1-3H3,(H3,19,20,21). The Kier molecular flexibility index (Phi) is 5.81. The van der Waals surface area contributed by atoms with Crippen LogP contribution in [-0.4, -0.2) is 19.9 Å². The van der Waals surface area contributed by atoms with Crippen LogP contribution in [-0.2, 0) is 16.6 Å². The third-order valence-electron chi connectivity index (χ3n) is 3.17. The molecule has 0 radical (unpaired) electrons. The summed E-state index contributed by atoms with van der Waals surface area (Å²) in [6.07, 6.45) is 0. The van der Waals surface area contributed by atoms with Crippen molar-refractivity contribution in [3.63, 3.8) is 0 Å². The summed E-state index contributed by atoms with van der Waals surface area (Å²) in [5.74, 6) is 0.224. The molecule has 0 aliphatic carbocycles. The Morgan fingerprint density at radius 3 is 2.28 bits per heavy atom. The van der Waals surface area contributed by atoms with E-state index < -0.39 is 15.6 Å². The number of para-hydroxylation sites is 1. The Morgan fingerprint density at radius 2 is 1.64 bits per heavy atom. The van der Waals surface area contributed by atoms with Crippen LogP contribution in [0.1, 0.15) is 26.3 Å². The van der Waals surface area contributed by atoms with Crippen LogP contribution < -0.4 is 15.8 Å². The molecule has 0 amide bonds. The molecule has 0 bridgehead atoms. The molecule has 2 aromatic rings. The normalized spacial score (nSPS) is 12.8. The predicted molar refractivity (Wildman–Crippen MR) is 102 cm³/mol. The van der Waals surface area contributed by atoms with E-state index >= 15 is 0 Å². The number of hydrogen-bond acceptors (Lipinski definition) is 3. The number of aliphatic imine (C=N–C) groups is 1. The Bertz CT molecular complexity index is 841. The molecule has 2 aromatic carbocycles. The molecule has 0 aromatic heterocycles. The highest BCUT2D eigenvalue weighted by Gasteiger charge is 2.24. The molecule has 2 rings (SSSR count). The van der Waals surface area contributed by atoms with Gasteiger partial charge in [-0.2, -0.15) is 0 Å². The van der Waals surface area contributed by atoms with Gasteiger partial charge in [-0.3, -0.25) is 0 Å². The Hall–Kier alpha value is -2.38. The minimum absolute atomic E-state index is 0.160. The van der Waals surface area contributed by atoms with Gasteiger partial charge in [0.1, 0.15) is 0 Å². The summed E-state index contributed by atoms with van der Waals surface area (Å²) in [7, 11) is -3.64. The minimum atomic E-state index is -3.64. The maximum absolute atomic E-state index is 12.6. The molecule has 0 saturated heterocycles. The molecular weight excluding hydrogens is 336 g/mol. The Labute approximate surface area is 149 Å². The largest absolute Gasteiger partial charge is 0.370 e. The first kappa shape index (κ1) is 19.0. The van der Waals surface area contributed by atoms with E-state index in [1.54, 1.807) is 45.0 Å². The van der Waals surface area contributed by atoms with Gasteiger partial charge in [0.15, 0.2) is 5.96 Å². The van der Waals surface area contributed by atoms with E-state index in [1.807, 2.05) is 30.3 Å². The second-order valence-corrected chi connectivity index (χ2v) is 8.31. The highest BCUT2D eigenvalue weighted by Crippen LogP contribution is 2.18. The fraction of sp³-hybridized carbons (Fsp3) is 0.278. The number of nitrogens with zero attached hydrogens (tertiary/aromatic N) is 1. The highest BCUT2D eigenvalue weighted by molar-refractivity contribution is 7.89. The van der Waals surface area contributed by atoms with Crippen LogP contribution in [0.2, 0.25) is 0 Å². The van der Waals surface area contributed by atoms with Gasteiger partial charge in [-0.1, -0.05) is 36.4 Å². The smallest absolute Gasteiger partial charge is 0.241 e. The average Bonchev–Trinajstić information content (AvgIpc) is 2.52. The SMILES string of the molecule is CC(C)(C)NS(=O)(=O)c1ccccc1CN=C(N)Nc1ccccc1. The van der Waals surface area contributed by atoms with Gasteiger partial charge in [0, 0.05) is 11.2 Å². The Morgan fingerprint density at radius 1 is 1.04 bits per heavy atom. The summed E-state index contributed by atoms with van der Waals surface area (Å²) in [4.78, 5) is 4.46. The lowest BCUT2D eigenvalue weighted by Crippen LogP contribution is -2.40. The van der Waals surface area contributed by atoms with Crippen molar-refractivity contribution in [2.75, 3.05) is 5.32 Å². The molecule has 0 atom stereocenters. The lowest BCUT2D eigenvalue weighted by molar-refractivity contribution is 0.491. The fourth-order valence-corrected chi connectivity index (χ4v) is 3.89. The summed E-state index contributed by atoms with van der Waals surface area (Å²) in [5.41, 5.74) is 6.72. The fourth-order valence-electron chi connectivity index (χ4n) is 2.23. The van der Waals surface area contributed by atoms with Crippen LogP contribution in [0.4, 0.5) is 5.69 Å². The maximum Gasteiger partial charge on any atom is 0.241 e. The van der Waals surface area contributed by atoms with Crippen molar-refractivity contribution >= 4 is 21.7 Å². The molecule has 4 N–H and O–H groups in total. The zero-order valence-electron chi connectivity index (χ0n) is 14.7. The number of nitrogens with two attached hydrogens (primary N) is 1. The third-order valence-corrected chi connectivity index (χ3v) is 5.03. The summed E-state index contributed by atoms with van der Waals surface area (Å²) in [6.45, 7) is 5.56. The van der Waals surface area contributed by atoms with Gasteiger partial charge < -0.3 is 11.1 Å². The van der Waals surface area contributed by atoms with E-state index in [-0.39, 0.29) is 17.4 Å². The number of nitrogens with one attached hydrogen (secondary N) is 2. The monoisotopic (exact) mass is 360 g/mol. The van der Waals surface area contributed by atoms with E-state index in [4.69, 9.17) is 5.73 Å². The molecule has 0 aliphatic rings. The summed E-state index contributed by atoms with van der Waals surface area (Å²) < 4.78 is 27.9. The van der Waals surface area contributed by atoms with E-state index in [9.17, 15) is 8.42 Å². The van der Waals surface area contributed by atoms with Gasteiger partial charge >= 0.3 is 0 Å². The lowest BCUT2D eigenvalue weighted by atomic mass is 10.1. The quantitative estimate of drug-likeness (QED) is 0.564. The van der Waals surface area contributed by atoms with Gasteiger partial charge in [-0.15, -0.1) is 0 Å². The van der Waals surface area contributed by atoms with Crippen LogP contribution in [0.3, 0.4) is 0 Å². The molecule has 0 saturated carbocycles. The van der Waals surface area contributed by atoms with Crippen molar-refractivity contribution in [1.82, 2.24) is 4.72 Å². The Balaban J connectivity index is 2.19. The van der Waals surface area contributed by atoms with Crippen LogP contribution in [0.25, 0.3) is 0 Å². The van der Waals surface area contributed by atoms with Gasteiger partial charge in [-0.05, 0) is 44.5 Å². The third kappa shape index (κ3) is 5.88. The first-order chi connectivity index (χ1) is 11.7. The lowest BCUT2D eigenvalue weighted by Gasteiger charge is -2.21. The molecule has 6 nitrogen and oxygen atoms in total. The summed E-state index contributed by atoms with van der Waals surface area (Å²) in [6, 6.07) is 16.2. The molecular formula is C18H24N4O2S. The highest BCUT2D eigenvalue weighted by atomic mass is 32.2. The summed E-state index contributed by atoms with van der Waals surface area (Å²) in [5, 5.41) is 2.97. The van der Waals surface area contributed by atoms with Crippen molar-refractivity contribution in [2.24, 2.45) is 10.7 Å². The van der Waals surface area contributed by atoms with Crippen molar-refractivity contribution in [2.45, 2.75) is 37.8 Å². The molecule has 7 heteroatoms. The second-order valence-electron chi connectivity index (χ2n) is 6.66. The number of hydrogen-bond donors (Lipinski definition) is 3. The summed E-state index contributed by atoms with van der Waals surface area (Å²) >= 11 is 0. The molecule has 0 fully saturated rings. The second kappa shape index (κ2) is 7.67. The topological polar surface area (TPSA) is 96.6 Å². The molecule has 0 unspecified atom stereocenters. The molecule has 25 heavy (non-hydrogen) atoms. The van der Waals surface area contributed by atoms with E-state index in [0.29, 0.717) is 5.56 Å². The predicted octanol–water partition coefficient (Wildman–Crippen LogP) is 2.69. The minimum Gasteiger partial charge on any atom is -0.370 e. The van der Waals surface area contributed by atoms with Gasteiger partial charge in [0.05, 0.1) is 11.4 Å². The van der Waals surface area contributed by atoms with Gasteiger partial charge in [0.25, 0.3) is 0 Å². The maximum atomic E-state index is 12.6. The van der Waals surface area contributed by atoms with Crippen LogP contribution in [0, 0.1) is 0 Å². The number of benzene rings is 2. The van der Waals surface area contributed by atoms with E-state index in [1.165, 1.54) is 0 Å². The molecule has 0 spiro atoms. The van der Waals surface area contributed by atoms with E-state index in [2.05, 4.69) is 15.0 Å². The van der Waals surface area contributed by atoms with Gasteiger partial charge in [0.2, 0.25) is 10.0 Å². The number of rotatable bonds is 5. The van der Waals surface area contributed by atoms with Crippen molar-refractivity contribution in [3.05, 3.63) is 60.2 Å². The average molecular weight is 360 g/mol. The molecule has 0 heterocycles. The molecule has 134 valence electrons. The first-order valence-electron chi connectivity index (χ1n) is 7.91. The number of sulfonamides is 1. The number of anilines is 1. The van der Waals surface area contributed by atoms with Crippen molar-refractivity contribution < 1.29 is 8.42 Å². The zero-order chi connectivity index (χ0) is 18.5. The van der Waals surface area contributed by atoms with Crippen LogP contribution in [0.5, 0.6) is 0 Å². The van der Waals surface area contributed by atoms with Crippen molar-refractivity contribution in [1.29, 1.82) is 0 Å². The molecule has 0 aliphatic heterocycles.